The highest BCUT2D eigenvalue weighted by atomic mass is 79.9. The number of nitrogens with zero attached hydrogens (tertiary/aromatic N) is 2. The second-order valence-corrected chi connectivity index (χ2v) is 10.8. The van der Waals surface area contributed by atoms with E-state index in [-0.39, 0.29) is 24.4 Å². The Labute approximate surface area is 180 Å². The molecule has 1 N–H and O–H groups in total. The largest absolute Gasteiger partial charge is 0.356 e. The van der Waals surface area contributed by atoms with Crippen LogP contribution in [0.1, 0.15) is 35.0 Å². The molecule has 1 saturated heterocycles. The maximum absolute atomic E-state index is 13.4. The minimum absolute atomic E-state index is 0.0501. The Balaban J connectivity index is 1.51. The summed E-state index contributed by atoms with van der Waals surface area (Å²) in [7, 11) is 0. The van der Waals surface area contributed by atoms with Crippen LogP contribution in [0.25, 0.3) is 10.9 Å². The molecule has 2 fully saturated rings. The number of aromatic amines is 1. The first-order valence-corrected chi connectivity index (χ1v) is 11.7. The maximum atomic E-state index is 13.4. The monoisotopic (exact) mass is 469 g/mol. The molecular weight excluding hydrogens is 450 g/mol. The Morgan fingerprint density at radius 3 is 2.72 bits per heavy atom. The fourth-order valence-corrected chi connectivity index (χ4v) is 6.40. The van der Waals surface area contributed by atoms with Gasteiger partial charge in [0.25, 0.3) is 0 Å². The van der Waals surface area contributed by atoms with Gasteiger partial charge in [0, 0.05) is 34.4 Å². The number of amides is 2. The predicted molar refractivity (Wildman–Crippen MR) is 116 cm³/mol. The molecule has 29 heavy (non-hydrogen) atoms. The molecule has 2 unspecified atom stereocenters. The van der Waals surface area contributed by atoms with Gasteiger partial charge in [-0.05, 0) is 58.5 Å². The third kappa shape index (κ3) is 2.78. The van der Waals surface area contributed by atoms with Crippen molar-refractivity contribution in [1.29, 1.82) is 0 Å². The second kappa shape index (κ2) is 6.44. The van der Waals surface area contributed by atoms with Gasteiger partial charge in [0.1, 0.15) is 12.1 Å². The third-order valence-corrected chi connectivity index (χ3v) is 8.06. The van der Waals surface area contributed by atoms with Crippen LogP contribution in [0.5, 0.6) is 0 Å². The van der Waals surface area contributed by atoms with Gasteiger partial charge in [0.2, 0.25) is 11.8 Å². The minimum atomic E-state index is -0.424. The molecule has 3 aromatic rings. The summed E-state index contributed by atoms with van der Waals surface area (Å²) >= 11 is 5.19. The van der Waals surface area contributed by atoms with Crippen molar-refractivity contribution in [2.45, 2.75) is 31.3 Å². The number of carbonyl (C=O) groups is 2. The van der Waals surface area contributed by atoms with Crippen molar-refractivity contribution in [3.05, 3.63) is 56.3 Å². The Morgan fingerprint density at radius 1 is 1.14 bits per heavy atom. The van der Waals surface area contributed by atoms with Crippen LogP contribution in [-0.2, 0) is 16.0 Å². The average Bonchev–Trinajstić information content (AvgIpc) is 3.30. The van der Waals surface area contributed by atoms with Crippen LogP contribution in [0.2, 0.25) is 0 Å². The number of aromatic nitrogens is 1. The summed E-state index contributed by atoms with van der Waals surface area (Å²) < 4.78 is 1.03. The van der Waals surface area contributed by atoms with Crippen molar-refractivity contribution < 1.29 is 9.59 Å². The minimum Gasteiger partial charge on any atom is -0.356 e. The topological polar surface area (TPSA) is 56.4 Å². The number of carbonyl (C=O) groups excluding carboxylic acids is 2. The van der Waals surface area contributed by atoms with E-state index in [1.54, 1.807) is 11.3 Å². The van der Waals surface area contributed by atoms with E-state index in [1.807, 2.05) is 28.0 Å². The van der Waals surface area contributed by atoms with Gasteiger partial charge in [-0.25, -0.2) is 0 Å². The number of hydrogen-bond acceptors (Lipinski definition) is 3. The van der Waals surface area contributed by atoms with Gasteiger partial charge in [-0.3, -0.25) is 9.59 Å². The summed E-state index contributed by atoms with van der Waals surface area (Å²) in [5.74, 6) is 0.733. The highest BCUT2D eigenvalue weighted by molar-refractivity contribution is 9.11. The normalized spacial score (nSPS) is 24.2. The van der Waals surface area contributed by atoms with Crippen LogP contribution in [0.15, 0.2) is 40.2 Å². The highest BCUT2D eigenvalue weighted by Crippen LogP contribution is 2.45. The molecule has 5 nitrogen and oxygen atoms in total. The van der Waals surface area contributed by atoms with Gasteiger partial charge in [-0.1, -0.05) is 18.2 Å². The number of thiophene rings is 1. The van der Waals surface area contributed by atoms with E-state index in [4.69, 9.17) is 0 Å². The number of rotatable bonds is 3. The zero-order valence-electron chi connectivity index (χ0n) is 15.7. The van der Waals surface area contributed by atoms with Crippen LogP contribution in [-0.4, -0.2) is 45.7 Å². The van der Waals surface area contributed by atoms with Crippen molar-refractivity contribution in [3.63, 3.8) is 0 Å². The third-order valence-electron chi connectivity index (χ3n) is 6.38. The average molecular weight is 470 g/mol. The van der Waals surface area contributed by atoms with Crippen molar-refractivity contribution >= 4 is 50.0 Å². The number of H-pyrrole nitrogens is 1. The lowest BCUT2D eigenvalue weighted by Crippen LogP contribution is -2.63. The molecule has 1 aromatic carbocycles. The second-order valence-electron chi connectivity index (χ2n) is 8.29. The number of fused-ring (bicyclic) bond motifs is 4. The van der Waals surface area contributed by atoms with Gasteiger partial charge in [0.15, 0.2) is 0 Å². The summed E-state index contributed by atoms with van der Waals surface area (Å²) in [6.07, 6.45) is 2.92. The molecule has 4 heterocycles. The first-order chi connectivity index (χ1) is 14.1. The molecule has 3 aliphatic rings. The summed E-state index contributed by atoms with van der Waals surface area (Å²) in [5.41, 5.74) is 3.28. The molecule has 6 rings (SSSR count). The number of halogens is 1. The lowest BCUT2D eigenvalue weighted by atomic mass is 9.88. The number of para-hydroxylation sites is 1. The van der Waals surface area contributed by atoms with Crippen molar-refractivity contribution in [2.24, 2.45) is 5.92 Å². The lowest BCUT2D eigenvalue weighted by Gasteiger charge is -2.46. The molecule has 1 aliphatic carbocycles. The van der Waals surface area contributed by atoms with E-state index >= 15 is 0 Å². The molecular formula is C22H20BrN3O2S. The van der Waals surface area contributed by atoms with Crippen LogP contribution >= 0.6 is 27.3 Å². The van der Waals surface area contributed by atoms with Crippen LogP contribution in [0.3, 0.4) is 0 Å². The first-order valence-electron chi connectivity index (χ1n) is 10.0. The lowest BCUT2D eigenvalue weighted by molar-refractivity contribution is -0.158. The number of piperazine rings is 1. The summed E-state index contributed by atoms with van der Waals surface area (Å²) in [6, 6.07) is 11.6. The highest BCUT2D eigenvalue weighted by Gasteiger charge is 2.49. The van der Waals surface area contributed by atoms with Crippen LogP contribution in [0, 0.1) is 5.92 Å². The Kier molecular flexibility index (Phi) is 3.93. The molecule has 2 aliphatic heterocycles. The quantitative estimate of drug-likeness (QED) is 0.627. The summed E-state index contributed by atoms with van der Waals surface area (Å²) in [4.78, 5) is 35.0. The Morgan fingerprint density at radius 2 is 1.97 bits per heavy atom. The van der Waals surface area contributed by atoms with Crippen molar-refractivity contribution in [1.82, 2.24) is 14.8 Å². The number of hydrogen-bond donors (Lipinski definition) is 1. The van der Waals surface area contributed by atoms with Gasteiger partial charge in [0.05, 0.1) is 10.3 Å². The van der Waals surface area contributed by atoms with E-state index < -0.39 is 6.04 Å². The fraction of sp³-hybridized carbons (Fsp3) is 0.364. The smallest absolute Gasteiger partial charge is 0.246 e. The Bertz CT molecular complexity index is 1150. The first kappa shape index (κ1) is 17.7. The van der Waals surface area contributed by atoms with E-state index in [0.29, 0.717) is 12.3 Å². The van der Waals surface area contributed by atoms with E-state index in [1.165, 1.54) is 18.4 Å². The van der Waals surface area contributed by atoms with Crippen LogP contribution < -0.4 is 0 Å². The molecule has 2 amide bonds. The van der Waals surface area contributed by atoms with E-state index in [9.17, 15) is 9.59 Å². The van der Waals surface area contributed by atoms with Crippen LogP contribution in [0.4, 0.5) is 0 Å². The maximum Gasteiger partial charge on any atom is 0.246 e. The van der Waals surface area contributed by atoms with E-state index in [2.05, 4.69) is 39.1 Å². The molecule has 0 radical (unpaired) electrons. The van der Waals surface area contributed by atoms with Gasteiger partial charge in [-0.15, -0.1) is 11.3 Å². The number of benzene rings is 1. The zero-order valence-corrected chi connectivity index (χ0v) is 18.1. The molecule has 0 bridgehead atoms. The van der Waals surface area contributed by atoms with Crippen molar-refractivity contribution in [2.75, 3.05) is 13.1 Å². The standard InChI is InChI=1S/C22H20BrN3O2S/c23-18-8-7-17(29-18)21-20-14(13-3-1-2-4-15(13)24-20)9-16-22(28)25(10-12-5-6-12)11-19(27)26(16)21/h1-4,7-8,12,16,21,24H,5-6,9-11H2. The molecule has 0 spiro atoms. The predicted octanol–water partition coefficient (Wildman–Crippen LogP) is 4.09. The summed E-state index contributed by atoms with van der Waals surface area (Å²) in [5, 5.41) is 1.15. The molecule has 148 valence electrons. The summed E-state index contributed by atoms with van der Waals surface area (Å²) in [6.45, 7) is 0.926. The van der Waals surface area contributed by atoms with Crippen molar-refractivity contribution in [3.8, 4) is 0 Å². The number of nitrogens with one attached hydrogen (secondary N) is 1. The molecule has 1 saturated carbocycles. The van der Waals surface area contributed by atoms with Gasteiger partial charge < -0.3 is 14.8 Å². The molecule has 7 heteroatoms. The van der Waals surface area contributed by atoms with E-state index in [0.717, 1.165) is 31.8 Å². The SMILES string of the molecule is O=C1C2Cc3c([nH]c4ccccc34)C(c3ccc(Br)s3)N2C(=O)CN1CC1CC1. The van der Waals surface area contributed by atoms with Gasteiger partial charge >= 0.3 is 0 Å². The Hall–Kier alpha value is -2.12. The zero-order chi connectivity index (χ0) is 19.7. The molecule has 2 aromatic heterocycles. The fourth-order valence-electron chi connectivity index (χ4n) is 4.86. The van der Waals surface area contributed by atoms with Gasteiger partial charge in [-0.2, -0.15) is 0 Å². The molecule has 2 atom stereocenters.